The number of nitrogens with one attached hydrogen (secondary N) is 1. The van der Waals surface area contributed by atoms with Crippen LogP contribution in [0, 0.1) is 5.41 Å². The third kappa shape index (κ3) is 4.80. The Morgan fingerprint density at radius 1 is 1.16 bits per heavy atom. The van der Waals surface area contributed by atoms with E-state index in [-0.39, 0.29) is 12.4 Å². The number of nitrogens with two attached hydrogens (primary N) is 1. The number of hydrogen-bond donors (Lipinski definition) is 2. The Balaban J connectivity index is 2.23. The van der Waals surface area contributed by atoms with Crippen molar-refractivity contribution in [2.75, 3.05) is 6.26 Å². The average Bonchev–Trinajstić information content (AvgIpc) is 2.55. The van der Waals surface area contributed by atoms with E-state index in [1.54, 1.807) is 54.6 Å². The summed E-state index contributed by atoms with van der Waals surface area (Å²) in [7, 11) is -3.69. The van der Waals surface area contributed by atoms with Crippen molar-refractivity contribution in [1.29, 1.82) is 5.41 Å². The van der Waals surface area contributed by atoms with Crippen molar-refractivity contribution in [3.8, 4) is 0 Å². The van der Waals surface area contributed by atoms with Gasteiger partial charge in [0.15, 0.2) is 15.1 Å². The van der Waals surface area contributed by atoms with Gasteiger partial charge in [-0.3, -0.25) is 10.2 Å². The van der Waals surface area contributed by atoms with Crippen molar-refractivity contribution < 1.29 is 13.2 Å². The summed E-state index contributed by atoms with van der Waals surface area (Å²) in [6.07, 6.45) is 1.01. The molecule has 0 heterocycles. The number of benzene rings is 2. The molecule has 25 heavy (non-hydrogen) atoms. The molecule has 0 spiro atoms. The third-order valence-corrected chi connectivity index (χ3v) is 5.20. The van der Waals surface area contributed by atoms with E-state index in [0.29, 0.717) is 16.7 Å². The second-order valence-electron chi connectivity index (χ2n) is 5.59. The molecular formula is C17H18ClN3O3S. The maximum absolute atomic E-state index is 12.6. The van der Waals surface area contributed by atoms with Crippen LogP contribution in [-0.2, 0) is 21.2 Å². The minimum Gasteiger partial charge on any atom is -0.384 e. The second kappa shape index (κ2) is 7.67. The smallest absolute Gasteiger partial charge is 0.260 e. The minimum atomic E-state index is -3.69. The van der Waals surface area contributed by atoms with Gasteiger partial charge in [-0.15, -0.1) is 0 Å². The van der Waals surface area contributed by atoms with Crippen LogP contribution in [0.3, 0.4) is 0 Å². The van der Waals surface area contributed by atoms with E-state index in [4.69, 9.17) is 22.9 Å². The number of nitrogens with zero attached hydrogens (tertiary/aromatic N) is 1. The second-order valence-corrected chi connectivity index (χ2v) is 8.13. The van der Waals surface area contributed by atoms with Crippen molar-refractivity contribution in [1.82, 2.24) is 4.42 Å². The molecule has 0 aliphatic rings. The monoisotopic (exact) mass is 379 g/mol. The van der Waals surface area contributed by atoms with Crippen LogP contribution < -0.4 is 5.73 Å². The first-order valence-corrected chi connectivity index (χ1v) is 9.63. The van der Waals surface area contributed by atoms with Crippen molar-refractivity contribution >= 4 is 33.4 Å². The number of rotatable bonds is 6. The minimum absolute atomic E-state index is 0.0252. The zero-order valence-corrected chi connectivity index (χ0v) is 15.1. The maximum atomic E-state index is 12.6. The van der Waals surface area contributed by atoms with E-state index in [1.807, 2.05) is 0 Å². The van der Waals surface area contributed by atoms with E-state index in [0.717, 1.165) is 10.7 Å². The first kappa shape index (κ1) is 19.0. The van der Waals surface area contributed by atoms with E-state index >= 15 is 0 Å². The van der Waals surface area contributed by atoms with Crippen LogP contribution in [0.4, 0.5) is 0 Å². The first-order chi connectivity index (χ1) is 11.7. The number of carbonyl (C=O) groups excluding carboxylic acids is 1. The Morgan fingerprint density at radius 3 is 2.20 bits per heavy atom. The van der Waals surface area contributed by atoms with Gasteiger partial charge in [0, 0.05) is 23.6 Å². The highest BCUT2D eigenvalue weighted by Crippen LogP contribution is 2.26. The van der Waals surface area contributed by atoms with Gasteiger partial charge < -0.3 is 5.73 Å². The normalized spacial score (nSPS) is 12.4. The van der Waals surface area contributed by atoms with Gasteiger partial charge in [0.1, 0.15) is 5.84 Å². The molecule has 2 rings (SSSR count). The summed E-state index contributed by atoms with van der Waals surface area (Å²) < 4.78 is 25.1. The lowest BCUT2D eigenvalue weighted by molar-refractivity contribution is -0.126. The Morgan fingerprint density at radius 2 is 1.72 bits per heavy atom. The molecule has 8 heteroatoms. The summed E-state index contributed by atoms with van der Waals surface area (Å²) in [4.78, 5) is 12.6. The molecular weight excluding hydrogens is 362 g/mol. The summed E-state index contributed by atoms with van der Waals surface area (Å²) in [5, 5.41) is 6.00. The van der Waals surface area contributed by atoms with Gasteiger partial charge in [-0.1, -0.05) is 54.6 Å². The van der Waals surface area contributed by atoms with Crippen molar-refractivity contribution in [2.24, 2.45) is 5.73 Å². The van der Waals surface area contributed by atoms with Gasteiger partial charge in [-0.2, -0.15) is 0 Å². The van der Waals surface area contributed by atoms with Gasteiger partial charge in [0.2, 0.25) is 0 Å². The lowest BCUT2D eigenvalue weighted by atomic mass is 10.1. The Bertz CT molecular complexity index is 868. The number of hydrogen-bond acceptors (Lipinski definition) is 4. The maximum Gasteiger partial charge on any atom is 0.260 e. The SMILES string of the molecule is CS(=O)(=O)C(C(=O)N(Cl)Cc1ccc(C(=N)N)cc1)c1ccccc1. The summed E-state index contributed by atoms with van der Waals surface area (Å²) in [6, 6.07) is 14.9. The van der Waals surface area contributed by atoms with Crippen LogP contribution >= 0.6 is 11.8 Å². The van der Waals surface area contributed by atoms with Crippen molar-refractivity contribution in [2.45, 2.75) is 11.8 Å². The fraction of sp³-hybridized carbons (Fsp3) is 0.176. The first-order valence-electron chi connectivity index (χ1n) is 7.34. The topological polar surface area (TPSA) is 104 Å². The Kier molecular flexibility index (Phi) is 5.81. The number of amidine groups is 1. The fourth-order valence-corrected chi connectivity index (χ4v) is 3.79. The quantitative estimate of drug-likeness (QED) is 0.456. The van der Waals surface area contributed by atoms with Crippen LogP contribution in [0.5, 0.6) is 0 Å². The Labute approximate surface area is 151 Å². The van der Waals surface area contributed by atoms with E-state index in [2.05, 4.69) is 0 Å². The molecule has 0 bridgehead atoms. The van der Waals surface area contributed by atoms with Crippen LogP contribution in [0.25, 0.3) is 0 Å². The molecule has 0 saturated heterocycles. The van der Waals surface area contributed by atoms with Crippen molar-refractivity contribution in [3.05, 3.63) is 71.3 Å². The number of carbonyl (C=O) groups is 1. The molecule has 0 aliphatic heterocycles. The van der Waals surface area contributed by atoms with Crippen LogP contribution in [0.2, 0.25) is 0 Å². The molecule has 3 N–H and O–H groups in total. The van der Waals surface area contributed by atoms with Crippen LogP contribution in [0.1, 0.15) is 21.9 Å². The molecule has 6 nitrogen and oxygen atoms in total. The molecule has 0 radical (unpaired) electrons. The molecule has 2 aromatic rings. The van der Waals surface area contributed by atoms with Gasteiger partial charge in [0.25, 0.3) is 5.91 Å². The van der Waals surface area contributed by atoms with E-state index < -0.39 is 21.0 Å². The number of halogens is 1. The summed E-state index contributed by atoms with van der Waals surface area (Å²) in [5.41, 5.74) is 7.00. The summed E-state index contributed by atoms with van der Waals surface area (Å²) >= 11 is 6.07. The zero-order chi connectivity index (χ0) is 18.6. The number of nitrogen functional groups attached to an aromatic ring is 1. The Hall–Kier alpha value is -2.38. The predicted octanol–water partition coefficient (Wildman–Crippen LogP) is 2.24. The van der Waals surface area contributed by atoms with Gasteiger partial charge in [0.05, 0.1) is 6.54 Å². The standard InChI is InChI=1S/C17H18ClN3O3S/c1-25(23,24)15(13-5-3-2-4-6-13)17(22)21(18)11-12-7-9-14(10-8-12)16(19)20/h2-10,15H,11H2,1H3,(H3,19,20). The number of amides is 1. The molecule has 1 amide bonds. The van der Waals surface area contributed by atoms with Crippen LogP contribution in [-0.4, -0.2) is 30.8 Å². The van der Waals surface area contributed by atoms with Gasteiger partial charge >= 0.3 is 0 Å². The average molecular weight is 380 g/mol. The highest BCUT2D eigenvalue weighted by atomic mass is 35.5. The highest BCUT2D eigenvalue weighted by Gasteiger charge is 2.33. The molecule has 2 aromatic carbocycles. The summed E-state index contributed by atoms with van der Waals surface area (Å²) in [6.45, 7) is 0.0252. The lowest BCUT2D eigenvalue weighted by Crippen LogP contribution is -2.31. The fourth-order valence-electron chi connectivity index (χ4n) is 2.36. The van der Waals surface area contributed by atoms with Crippen LogP contribution in [0.15, 0.2) is 54.6 Å². The number of sulfone groups is 1. The van der Waals surface area contributed by atoms with Gasteiger partial charge in [-0.05, 0) is 11.1 Å². The molecule has 1 unspecified atom stereocenters. The third-order valence-electron chi connectivity index (χ3n) is 3.58. The molecule has 0 aromatic heterocycles. The van der Waals surface area contributed by atoms with Gasteiger partial charge in [-0.25, -0.2) is 12.8 Å². The summed E-state index contributed by atoms with van der Waals surface area (Å²) in [5.74, 6) is -0.780. The predicted molar refractivity (Wildman–Crippen MR) is 97.9 cm³/mol. The molecule has 0 saturated carbocycles. The molecule has 0 aliphatic carbocycles. The molecule has 0 fully saturated rings. The lowest BCUT2D eigenvalue weighted by Gasteiger charge is -2.21. The zero-order valence-electron chi connectivity index (χ0n) is 13.5. The van der Waals surface area contributed by atoms with Crippen molar-refractivity contribution in [3.63, 3.8) is 0 Å². The molecule has 1 atom stereocenters. The van der Waals surface area contributed by atoms with E-state index in [9.17, 15) is 13.2 Å². The highest BCUT2D eigenvalue weighted by molar-refractivity contribution is 7.91. The molecule has 132 valence electrons. The largest absolute Gasteiger partial charge is 0.384 e. The van der Waals surface area contributed by atoms with E-state index in [1.165, 1.54) is 0 Å².